The molecule has 6 heteroatoms. The molecule has 1 unspecified atom stereocenters. The molecule has 1 heterocycles. The molecule has 0 radical (unpaired) electrons. The lowest BCUT2D eigenvalue weighted by atomic mass is 10.0. The van der Waals surface area contributed by atoms with Gasteiger partial charge in [-0.3, -0.25) is 0 Å². The van der Waals surface area contributed by atoms with E-state index in [1.807, 2.05) is 0 Å². The van der Waals surface area contributed by atoms with Crippen molar-refractivity contribution >= 4 is 22.5 Å². The van der Waals surface area contributed by atoms with Gasteiger partial charge in [-0.2, -0.15) is 13.2 Å². The van der Waals surface area contributed by atoms with E-state index in [0.717, 1.165) is 6.07 Å². The third-order valence-electron chi connectivity index (χ3n) is 3.24. The van der Waals surface area contributed by atoms with Gasteiger partial charge in [-0.05, 0) is 18.2 Å². The van der Waals surface area contributed by atoms with Gasteiger partial charge >= 0.3 is 6.18 Å². The van der Waals surface area contributed by atoms with Crippen LogP contribution in [0.3, 0.4) is 0 Å². The maximum Gasteiger partial charge on any atom is 0.416 e. The predicted molar refractivity (Wildman–Crippen MR) is 76.6 cm³/mol. The van der Waals surface area contributed by atoms with E-state index in [9.17, 15) is 13.2 Å². The Balaban J connectivity index is 2.07. The Bertz CT molecular complexity index is 710. The summed E-state index contributed by atoms with van der Waals surface area (Å²) >= 11 is 6.09. The summed E-state index contributed by atoms with van der Waals surface area (Å²) in [5, 5.41) is 3.18. The minimum Gasteiger partial charge on any atom is -0.359 e. The van der Waals surface area contributed by atoms with Gasteiger partial charge in [-0.25, -0.2) is 4.99 Å². The number of aliphatic imine (C=N–C) groups is 1. The number of halogens is 4. The summed E-state index contributed by atoms with van der Waals surface area (Å²) in [4.78, 5) is 4.14. The van der Waals surface area contributed by atoms with E-state index in [1.165, 1.54) is 12.1 Å². The second-order valence-electron chi connectivity index (χ2n) is 4.60. The Labute approximate surface area is 124 Å². The van der Waals surface area contributed by atoms with Gasteiger partial charge < -0.3 is 5.32 Å². The van der Waals surface area contributed by atoms with Crippen LogP contribution in [-0.2, 0) is 6.18 Å². The zero-order valence-electron chi connectivity index (χ0n) is 10.7. The van der Waals surface area contributed by atoms with E-state index in [1.54, 1.807) is 30.3 Å². The summed E-state index contributed by atoms with van der Waals surface area (Å²) < 4.78 is 39.3. The molecule has 2 nitrogen and oxygen atoms in total. The van der Waals surface area contributed by atoms with Crippen molar-refractivity contribution in [2.24, 2.45) is 4.99 Å². The summed E-state index contributed by atoms with van der Waals surface area (Å²) in [6, 6.07) is 12.5. The standard InChI is InChI=1S/C15H10ClF3N2/c16-13-10-6-2-4-8-12(10)20-14(21-13)9-5-1-3-7-11(9)15(17,18)19/h1-8,14,20H. The van der Waals surface area contributed by atoms with Gasteiger partial charge in [0.2, 0.25) is 0 Å². The molecule has 0 saturated carbocycles. The number of nitrogens with one attached hydrogen (secondary N) is 1. The number of hydrogen-bond donors (Lipinski definition) is 1. The van der Waals surface area contributed by atoms with Crippen molar-refractivity contribution in [3.8, 4) is 0 Å². The van der Waals surface area contributed by atoms with E-state index < -0.39 is 17.9 Å². The lowest BCUT2D eigenvalue weighted by Gasteiger charge is -2.25. The van der Waals surface area contributed by atoms with E-state index >= 15 is 0 Å². The van der Waals surface area contributed by atoms with Crippen LogP contribution >= 0.6 is 11.6 Å². The maximum atomic E-state index is 13.1. The van der Waals surface area contributed by atoms with Gasteiger partial charge in [0.05, 0.1) is 5.56 Å². The van der Waals surface area contributed by atoms with Crippen LogP contribution in [0.4, 0.5) is 18.9 Å². The fourth-order valence-corrected chi connectivity index (χ4v) is 2.55. The lowest BCUT2D eigenvalue weighted by Crippen LogP contribution is -2.20. The van der Waals surface area contributed by atoms with E-state index in [4.69, 9.17) is 11.6 Å². The summed E-state index contributed by atoms with van der Waals surface area (Å²) in [5.74, 6) is 0. The number of benzene rings is 2. The van der Waals surface area contributed by atoms with Crippen molar-refractivity contribution in [1.82, 2.24) is 0 Å². The molecule has 2 aromatic carbocycles. The smallest absolute Gasteiger partial charge is 0.359 e. The first-order valence-electron chi connectivity index (χ1n) is 6.22. The molecule has 1 aliphatic rings. The average molecular weight is 311 g/mol. The van der Waals surface area contributed by atoms with Gasteiger partial charge in [-0.1, -0.05) is 41.9 Å². The fourth-order valence-electron chi connectivity index (χ4n) is 2.29. The van der Waals surface area contributed by atoms with Gasteiger partial charge in [-0.15, -0.1) is 0 Å². The highest BCUT2D eigenvalue weighted by molar-refractivity contribution is 6.70. The molecular formula is C15H10ClF3N2. The van der Waals surface area contributed by atoms with Crippen molar-refractivity contribution in [2.75, 3.05) is 5.32 Å². The summed E-state index contributed by atoms with van der Waals surface area (Å²) in [6.45, 7) is 0. The first-order chi connectivity index (χ1) is 9.97. The van der Waals surface area contributed by atoms with Crippen LogP contribution in [0.5, 0.6) is 0 Å². The number of fused-ring (bicyclic) bond motifs is 1. The Morgan fingerprint density at radius 1 is 1.00 bits per heavy atom. The molecule has 1 aliphatic heterocycles. The van der Waals surface area contributed by atoms with Crippen molar-refractivity contribution in [1.29, 1.82) is 0 Å². The summed E-state index contributed by atoms with van der Waals surface area (Å²) in [6.07, 6.45) is -5.29. The molecule has 0 aromatic heterocycles. The number of hydrogen-bond acceptors (Lipinski definition) is 2. The summed E-state index contributed by atoms with van der Waals surface area (Å²) in [5.41, 5.74) is 0.687. The molecule has 0 amide bonds. The minimum absolute atomic E-state index is 0.0534. The first kappa shape index (κ1) is 13.9. The third-order valence-corrected chi connectivity index (χ3v) is 3.55. The van der Waals surface area contributed by atoms with Crippen LogP contribution in [0.2, 0.25) is 0 Å². The molecule has 0 spiro atoms. The number of rotatable bonds is 1. The van der Waals surface area contributed by atoms with E-state index in [2.05, 4.69) is 10.3 Å². The van der Waals surface area contributed by atoms with Gasteiger partial charge in [0, 0.05) is 16.8 Å². The maximum absolute atomic E-state index is 13.1. The fraction of sp³-hybridized carbons (Fsp3) is 0.133. The third kappa shape index (κ3) is 2.61. The molecule has 0 bridgehead atoms. The molecule has 0 fully saturated rings. The zero-order chi connectivity index (χ0) is 15.0. The highest BCUT2D eigenvalue weighted by atomic mass is 35.5. The van der Waals surface area contributed by atoms with Crippen molar-refractivity contribution in [3.63, 3.8) is 0 Å². The van der Waals surface area contributed by atoms with Crippen LogP contribution in [0.1, 0.15) is 22.9 Å². The predicted octanol–water partition coefficient (Wildman–Crippen LogP) is 4.82. The van der Waals surface area contributed by atoms with E-state index in [0.29, 0.717) is 11.3 Å². The number of nitrogens with zero attached hydrogens (tertiary/aromatic N) is 1. The Morgan fingerprint density at radius 3 is 2.43 bits per heavy atom. The largest absolute Gasteiger partial charge is 0.416 e. The molecule has 3 rings (SSSR count). The summed E-state index contributed by atoms with van der Waals surface area (Å²) in [7, 11) is 0. The van der Waals surface area contributed by atoms with E-state index in [-0.39, 0.29) is 10.7 Å². The minimum atomic E-state index is -4.43. The lowest BCUT2D eigenvalue weighted by molar-refractivity contribution is -0.138. The van der Waals surface area contributed by atoms with Crippen LogP contribution < -0.4 is 5.32 Å². The van der Waals surface area contributed by atoms with Crippen LogP contribution in [0, 0.1) is 0 Å². The normalized spacial score (nSPS) is 17.7. The van der Waals surface area contributed by atoms with Crippen LogP contribution in [0.25, 0.3) is 0 Å². The highest BCUT2D eigenvalue weighted by Crippen LogP contribution is 2.38. The molecule has 0 saturated heterocycles. The second-order valence-corrected chi connectivity index (χ2v) is 4.96. The zero-order valence-corrected chi connectivity index (χ0v) is 11.4. The van der Waals surface area contributed by atoms with Gasteiger partial charge in [0.25, 0.3) is 0 Å². The van der Waals surface area contributed by atoms with Crippen molar-refractivity contribution < 1.29 is 13.2 Å². The molecular weight excluding hydrogens is 301 g/mol. The molecule has 1 atom stereocenters. The number of para-hydroxylation sites is 1. The number of anilines is 1. The topological polar surface area (TPSA) is 24.4 Å². The second kappa shape index (κ2) is 5.07. The van der Waals surface area contributed by atoms with Crippen molar-refractivity contribution in [3.05, 3.63) is 65.2 Å². The monoisotopic (exact) mass is 310 g/mol. The number of alkyl halides is 3. The average Bonchev–Trinajstić information content (AvgIpc) is 2.46. The highest BCUT2D eigenvalue weighted by Gasteiger charge is 2.35. The Morgan fingerprint density at radius 2 is 1.67 bits per heavy atom. The SMILES string of the molecule is FC(F)(F)c1ccccc1C1N=C(Cl)c2ccccc2N1. The molecule has 108 valence electrons. The van der Waals surface area contributed by atoms with Crippen molar-refractivity contribution in [2.45, 2.75) is 12.3 Å². The first-order valence-corrected chi connectivity index (χ1v) is 6.60. The molecule has 0 aliphatic carbocycles. The molecule has 21 heavy (non-hydrogen) atoms. The van der Waals surface area contributed by atoms with Gasteiger partial charge in [0.1, 0.15) is 11.3 Å². The van der Waals surface area contributed by atoms with Crippen LogP contribution in [-0.4, -0.2) is 5.17 Å². The van der Waals surface area contributed by atoms with Gasteiger partial charge in [0.15, 0.2) is 0 Å². The Hall–Kier alpha value is -2.01. The van der Waals surface area contributed by atoms with Crippen LogP contribution in [0.15, 0.2) is 53.5 Å². The Kier molecular flexibility index (Phi) is 3.37. The molecule has 1 N–H and O–H groups in total. The quantitative estimate of drug-likeness (QED) is 0.802. The molecule has 2 aromatic rings.